The van der Waals surface area contributed by atoms with Crippen LogP contribution in [0.3, 0.4) is 0 Å². The van der Waals surface area contributed by atoms with Gasteiger partial charge in [-0.25, -0.2) is 4.79 Å². The first-order valence-electron chi connectivity index (χ1n) is 4.29. The van der Waals surface area contributed by atoms with E-state index < -0.39 is 12.1 Å². The number of aromatic carboxylic acids is 1. The number of carboxylic acid groups (broad SMARTS) is 1. The summed E-state index contributed by atoms with van der Waals surface area (Å²) in [7, 11) is 0. The van der Waals surface area contributed by atoms with Crippen LogP contribution in [0.1, 0.15) is 23.0 Å². The van der Waals surface area contributed by atoms with Crippen molar-refractivity contribution in [3.05, 3.63) is 23.7 Å². The highest BCUT2D eigenvalue weighted by Crippen LogP contribution is 2.09. The molecule has 1 heterocycles. The SMILES string of the molecule is CC(O)CNCc1ccoc1C(=O)O. The van der Waals surface area contributed by atoms with Gasteiger partial charge < -0.3 is 19.9 Å². The number of aliphatic hydroxyl groups is 1. The summed E-state index contributed by atoms with van der Waals surface area (Å²) in [4.78, 5) is 10.6. The Kier molecular flexibility index (Phi) is 3.67. The van der Waals surface area contributed by atoms with Gasteiger partial charge in [0.2, 0.25) is 5.76 Å². The summed E-state index contributed by atoms with van der Waals surface area (Å²) in [5.74, 6) is -1.13. The minimum atomic E-state index is -1.08. The standard InChI is InChI=1S/C9H13NO4/c1-6(11)4-10-5-7-2-3-14-8(7)9(12)13/h2-3,6,10-11H,4-5H2,1H3,(H,12,13). The van der Waals surface area contributed by atoms with Crippen molar-refractivity contribution in [3.63, 3.8) is 0 Å². The van der Waals surface area contributed by atoms with Crippen molar-refractivity contribution in [1.29, 1.82) is 0 Å². The third kappa shape index (κ3) is 2.86. The van der Waals surface area contributed by atoms with E-state index in [2.05, 4.69) is 5.32 Å². The molecule has 1 aromatic rings. The molecule has 1 aromatic heterocycles. The number of rotatable bonds is 5. The summed E-state index contributed by atoms with van der Waals surface area (Å²) in [6, 6.07) is 1.60. The van der Waals surface area contributed by atoms with Crippen LogP contribution in [0.15, 0.2) is 16.7 Å². The number of aliphatic hydroxyl groups excluding tert-OH is 1. The molecule has 0 amide bonds. The predicted octanol–water partition coefficient (Wildman–Crippen LogP) is 0.448. The largest absolute Gasteiger partial charge is 0.475 e. The minimum absolute atomic E-state index is 0.0527. The monoisotopic (exact) mass is 199 g/mol. The lowest BCUT2D eigenvalue weighted by Crippen LogP contribution is -2.24. The van der Waals surface area contributed by atoms with E-state index in [1.54, 1.807) is 13.0 Å². The first kappa shape index (κ1) is 10.7. The van der Waals surface area contributed by atoms with Crippen LogP contribution in [-0.2, 0) is 6.54 Å². The fourth-order valence-electron chi connectivity index (χ4n) is 1.08. The van der Waals surface area contributed by atoms with Gasteiger partial charge in [0, 0.05) is 18.7 Å². The highest BCUT2D eigenvalue weighted by Gasteiger charge is 2.13. The van der Waals surface area contributed by atoms with E-state index in [1.807, 2.05) is 0 Å². The molecule has 0 fully saturated rings. The maximum Gasteiger partial charge on any atom is 0.372 e. The summed E-state index contributed by atoms with van der Waals surface area (Å²) < 4.78 is 4.78. The molecule has 5 nitrogen and oxygen atoms in total. The van der Waals surface area contributed by atoms with Gasteiger partial charge in [-0.15, -0.1) is 0 Å². The van der Waals surface area contributed by atoms with E-state index >= 15 is 0 Å². The van der Waals surface area contributed by atoms with Crippen molar-refractivity contribution in [2.75, 3.05) is 6.54 Å². The summed E-state index contributed by atoms with van der Waals surface area (Å²) in [6.45, 7) is 2.45. The molecule has 0 aliphatic heterocycles. The van der Waals surface area contributed by atoms with Crippen molar-refractivity contribution in [2.45, 2.75) is 19.6 Å². The Morgan fingerprint density at radius 2 is 2.43 bits per heavy atom. The lowest BCUT2D eigenvalue weighted by molar-refractivity contribution is 0.0660. The molecule has 1 atom stereocenters. The van der Waals surface area contributed by atoms with Crippen LogP contribution in [0.25, 0.3) is 0 Å². The second kappa shape index (κ2) is 4.78. The Morgan fingerprint density at radius 3 is 3.00 bits per heavy atom. The quantitative estimate of drug-likeness (QED) is 0.641. The Balaban J connectivity index is 2.50. The van der Waals surface area contributed by atoms with E-state index in [1.165, 1.54) is 6.26 Å². The van der Waals surface area contributed by atoms with Crippen LogP contribution in [0.2, 0.25) is 0 Å². The van der Waals surface area contributed by atoms with E-state index in [0.29, 0.717) is 18.7 Å². The molecule has 0 spiro atoms. The number of hydrogen-bond acceptors (Lipinski definition) is 4. The fraction of sp³-hybridized carbons (Fsp3) is 0.444. The van der Waals surface area contributed by atoms with Crippen molar-refractivity contribution in [1.82, 2.24) is 5.32 Å². The molecular formula is C9H13NO4. The topological polar surface area (TPSA) is 82.7 Å². The molecular weight excluding hydrogens is 186 g/mol. The van der Waals surface area contributed by atoms with Gasteiger partial charge in [0.15, 0.2) is 0 Å². The van der Waals surface area contributed by atoms with Gasteiger partial charge in [0.25, 0.3) is 0 Å². The van der Waals surface area contributed by atoms with Crippen molar-refractivity contribution >= 4 is 5.97 Å². The molecule has 5 heteroatoms. The molecule has 14 heavy (non-hydrogen) atoms. The number of carbonyl (C=O) groups is 1. The molecule has 0 bridgehead atoms. The Morgan fingerprint density at radius 1 is 1.71 bits per heavy atom. The zero-order valence-electron chi connectivity index (χ0n) is 7.86. The number of furan rings is 1. The van der Waals surface area contributed by atoms with E-state index in [0.717, 1.165) is 0 Å². The van der Waals surface area contributed by atoms with Gasteiger partial charge in [-0.3, -0.25) is 0 Å². The number of carboxylic acids is 1. The maximum atomic E-state index is 10.6. The molecule has 78 valence electrons. The molecule has 1 unspecified atom stereocenters. The van der Waals surface area contributed by atoms with Crippen molar-refractivity contribution in [3.8, 4) is 0 Å². The summed E-state index contributed by atoms with van der Waals surface area (Å²) in [5.41, 5.74) is 0.582. The average Bonchev–Trinajstić information content (AvgIpc) is 2.51. The third-order valence-electron chi connectivity index (χ3n) is 1.70. The van der Waals surface area contributed by atoms with Gasteiger partial charge in [-0.1, -0.05) is 0 Å². The summed E-state index contributed by atoms with van der Waals surface area (Å²) in [6.07, 6.45) is 0.887. The normalized spacial score (nSPS) is 12.7. The third-order valence-corrected chi connectivity index (χ3v) is 1.70. The molecule has 0 aliphatic carbocycles. The van der Waals surface area contributed by atoms with Crippen LogP contribution in [0, 0.1) is 0 Å². The zero-order valence-corrected chi connectivity index (χ0v) is 7.86. The van der Waals surface area contributed by atoms with Gasteiger partial charge >= 0.3 is 5.97 Å². The lowest BCUT2D eigenvalue weighted by Gasteiger charge is -2.05. The second-order valence-electron chi connectivity index (χ2n) is 3.06. The number of nitrogens with one attached hydrogen (secondary N) is 1. The van der Waals surface area contributed by atoms with Gasteiger partial charge in [0.05, 0.1) is 12.4 Å². The Hall–Kier alpha value is -1.33. The smallest absolute Gasteiger partial charge is 0.372 e. The summed E-state index contributed by atoms with van der Waals surface area (Å²) >= 11 is 0. The maximum absolute atomic E-state index is 10.6. The van der Waals surface area contributed by atoms with E-state index in [9.17, 15) is 4.79 Å². The molecule has 0 aliphatic rings. The highest BCUT2D eigenvalue weighted by molar-refractivity contribution is 5.86. The second-order valence-corrected chi connectivity index (χ2v) is 3.06. The van der Waals surface area contributed by atoms with Gasteiger partial charge in [-0.05, 0) is 13.0 Å². The fourth-order valence-corrected chi connectivity index (χ4v) is 1.08. The molecule has 0 saturated carbocycles. The van der Waals surface area contributed by atoms with Gasteiger partial charge in [-0.2, -0.15) is 0 Å². The molecule has 0 aromatic carbocycles. The predicted molar refractivity (Wildman–Crippen MR) is 49.1 cm³/mol. The van der Waals surface area contributed by atoms with E-state index in [4.69, 9.17) is 14.6 Å². The summed E-state index contributed by atoms with van der Waals surface area (Å²) in [5, 5.41) is 20.6. The highest BCUT2D eigenvalue weighted by atomic mass is 16.4. The van der Waals surface area contributed by atoms with Crippen molar-refractivity contribution < 1.29 is 19.4 Å². The molecule has 1 rings (SSSR count). The first-order chi connectivity index (χ1) is 6.61. The molecule has 0 saturated heterocycles. The van der Waals surface area contributed by atoms with Crippen LogP contribution in [0.4, 0.5) is 0 Å². The Bertz CT molecular complexity index is 306. The Labute approximate surface area is 81.4 Å². The van der Waals surface area contributed by atoms with Crippen molar-refractivity contribution in [2.24, 2.45) is 0 Å². The molecule has 0 radical (unpaired) electrons. The van der Waals surface area contributed by atoms with Gasteiger partial charge in [0.1, 0.15) is 0 Å². The zero-order chi connectivity index (χ0) is 10.6. The van der Waals surface area contributed by atoms with Crippen LogP contribution < -0.4 is 5.32 Å². The minimum Gasteiger partial charge on any atom is -0.475 e. The van der Waals surface area contributed by atoms with Crippen LogP contribution in [0.5, 0.6) is 0 Å². The van der Waals surface area contributed by atoms with E-state index in [-0.39, 0.29) is 5.76 Å². The number of hydrogen-bond donors (Lipinski definition) is 3. The van der Waals surface area contributed by atoms with Crippen LogP contribution >= 0.6 is 0 Å². The average molecular weight is 199 g/mol. The van der Waals surface area contributed by atoms with Crippen LogP contribution in [-0.4, -0.2) is 28.8 Å². The first-order valence-corrected chi connectivity index (χ1v) is 4.29. The lowest BCUT2D eigenvalue weighted by atomic mass is 10.2. The molecule has 3 N–H and O–H groups in total.